The summed E-state index contributed by atoms with van der Waals surface area (Å²) in [5.41, 5.74) is 1.04. The first-order valence-corrected chi connectivity index (χ1v) is 8.98. The number of guanidine groups is 1. The maximum Gasteiger partial charge on any atom is 0.191 e. The average molecular weight is 356 g/mol. The van der Waals surface area contributed by atoms with Gasteiger partial charge in [0.25, 0.3) is 0 Å². The second-order valence-electron chi connectivity index (χ2n) is 5.62. The summed E-state index contributed by atoms with van der Waals surface area (Å²) >= 11 is 0. The maximum absolute atomic E-state index is 5.69. The molecular weight excluding hydrogens is 328 g/mol. The van der Waals surface area contributed by atoms with E-state index in [9.17, 15) is 0 Å². The molecule has 2 N–H and O–H groups in total. The Kier molecular flexibility index (Phi) is 8.18. The van der Waals surface area contributed by atoms with E-state index in [1.54, 1.807) is 12.4 Å². The fraction of sp³-hybridized carbons (Fsp3) is 0.421. The normalized spacial score (nSPS) is 11.2. The SMILES string of the molecule is C=CCOc1ccccc1CN=C(NCC)NCCn1cnnc1CC. The molecule has 0 aliphatic carbocycles. The summed E-state index contributed by atoms with van der Waals surface area (Å²) in [4.78, 5) is 4.66. The Balaban J connectivity index is 1.95. The summed E-state index contributed by atoms with van der Waals surface area (Å²) in [6.07, 6.45) is 4.37. The number of rotatable bonds is 10. The third-order valence-electron chi connectivity index (χ3n) is 3.74. The van der Waals surface area contributed by atoms with Crippen LogP contribution in [0.4, 0.5) is 0 Å². The predicted molar refractivity (Wildman–Crippen MR) is 104 cm³/mol. The van der Waals surface area contributed by atoms with Crippen molar-refractivity contribution in [3.8, 4) is 5.75 Å². The maximum atomic E-state index is 5.69. The van der Waals surface area contributed by atoms with Crippen LogP contribution < -0.4 is 15.4 Å². The van der Waals surface area contributed by atoms with E-state index in [1.807, 2.05) is 31.2 Å². The molecule has 0 amide bonds. The Labute approximate surface area is 155 Å². The lowest BCUT2D eigenvalue weighted by molar-refractivity contribution is 0.359. The molecule has 7 nitrogen and oxygen atoms in total. The van der Waals surface area contributed by atoms with E-state index in [1.165, 1.54) is 0 Å². The minimum absolute atomic E-state index is 0.484. The van der Waals surface area contributed by atoms with Gasteiger partial charge in [0.2, 0.25) is 0 Å². The number of benzene rings is 1. The van der Waals surface area contributed by atoms with Gasteiger partial charge in [-0.3, -0.25) is 0 Å². The molecule has 0 aliphatic rings. The average Bonchev–Trinajstić information content (AvgIpc) is 3.12. The summed E-state index contributed by atoms with van der Waals surface area (Å²) in [6, 6.07) is 7.92. The molecule has 0 atom stereocenters. The van der Waals surface area contributed by atoms with Crippen LogP contribution in [0.1, 0.15) is 25.2 Å². The number of aromatic nitrogens is 3. The zero-order valence-corrected chi connectivity index (χ0v) is 15.6. The van der Waals surface area contributed by atoms with Gasteiger partial charge in [0, 0.05) is 31.6 Å². The third-order valence-corrected chi connectivity index (χ3v) is 3.74. The van der Waals surface area contributed by atoms with Crippen molar-refractivity contribution in [1.82, 2.24) is 25.4 Å². The molecule has 0 unspecified atom stereocenters. The Bertz CT molecular complexity index is 710. The zero-order chi connectivity index (χ0) is 18.6. The van der Waals surface area contributed by atoms with Gasteiger partial charge >= 0.3 is 0 Å². The first kappa shape index (κ1) is 19.5. The predicted octanol–water partition coefficient (Wildman–Crippen LogP) is 2.16. The van der Waals surface area contributed by atoms with Crippen LogP contribution in [0.3, 0.4) is 0 Å². The van der Waals surface area contributed by atoms with Crippen LogP contribution >= 0.6 is 0 Å². The first-order valence-electron chi connectivity index (χ1n) is 8.98. The van der Waals surface area contributed by atoms with Crippen molar-refractivity contribution >= 4 is 5.96 Å². The quantitative estimate of drug-likeness (QED) is 0.388. The van der Waals surface area contributed by atoms with Gasteiger partial charge in [-0.15, -0.1) is 10.2 Å². The molecule has 1 aromatic heterocycles. The van der Waals surface area contributed by atoms with E-state index in [4.69, 9.17) is 4.74 Å². The van der Waals surface area contributed by atoms with Gasteiger partial charge in [-0.1, -0.05) is 37.8 Å². The summed E-state index contributed by atoms with van der Waals surface area (Å²) in [6.45, 7) is 11.2. The highest BCUT2D eigenvalue weighted by atomic mass is 16.5. The molecule has 0 bridgehead atoms. The van der Waals surface area contributed by atoms with Crippen LogP contribution in [0.15, 0.2) is 48.2 Å². The van der Waals surface area contributed by atoms with E-state index in [0.717, 1.165) is 49.2 Å². The molecule has 2 aromatic rings. The lowest BCUT2D eigenvalue weighted by Gasteiger charge is -2.13. The number of para-hydroxylation sites is 1. The second kappa shape index (κ2) is 10.9. The van der Waals surface area contributed by atoms with Crippen LogP contribution in [0.2, 0.25) is 0 Å². The van der Waals surface area contributed by atoms with Crippen LogP contribution in [0.5, 0.6) is 5.75 Å². The number of nitrogens with one attached hydrogen (secondary N) is 2. The lowest BCUT2D eigenvalue weighted by Crippen LogP contribution is -2.38. The van der Waals surface area contributed by atoms with Crippen molar-refractivity contribution in [1.29, 1.82) is 0 Å². The molecule has 2 rings (SSSR count). The van der Waals surface area contributed by atoms with E-state index in [2.05, 4.69) is 43.9 Å². The summed E-state index contributed by atoms with van der Waals surface area (Å²) in [5.74, 6) is 2.60. The highest BCUT2D eigenvalue weighted by molar-refractivity contribution is 5.79. The molecule has 7 heteroatoms. The number of hydrogen-bond acceptors (Lipinski definition) is 4. The fourth-order valence-corrected chi connectivity index (χ4v) is 2.46. The zero-order valence-electron chi connectivity index (χ0n) is 15.6. The Hall–Kier alpha value is -2.83. The smallest absolute Gasteiger partial charge is 0.191 e. The number of aliphatic imine (C=N–C) groups is 1. The molecule has 1 aromatic carbocycles. The van der Waals surface area contributed by atoms with Gasteiger partial charge in [-0.25, -0.2) is 4.99 Å². The van der Waals surface area contributed by atoms with Crippen LogP contribution in [-0.2, 0) is 19.5 Å². The van der Waals surface area contributed by atoms with Crippen molar-refractivity contribution in [3.05, 3.63) is 54.6 Å². The molecule has 0 radical (unpaired) electrons. The first-order chi connectivity index (χ1) is 12.8. The minimum Gasteiger partial charge on any atom is -0.489 e. The van der Waals surface area contributed by atoms with Gasteiger partial charge in [0.05, 0.1) is 6.54 Å². The van der Waals surface area contributed by atoms with Gasteiger partial charge in [0.1, 0.15) is 24.5 Å². The van der Waals surface area contributed by atoms with Crippen LogP contribution in [0, 0.1) is 0 Å². The topological polar surface area (TPSA) is 76.4 Å². The highest BCUT2D eigenvalue weighted by Gasteiger charge is 2.04. The van der Waals surface area contributed by atoms with Gasteiger partial charge < -0.3 is 19.9 Å². The Morgan fingerprint density at radius 3 is 2.92 bits per heavy atom. The number of hydrogen-bond donors (Lipinski definition) is 2. The highest BCUT2D eigenvalue weighted by Crippen LogP contribution is 2.18. The molecule has 140 valence electrons. The molecule has 0 aliphatic heterocycles. The Morgan fingerprint density at radius 2 is 2.15 bits per heavy atom. The van der Waals surface area contributed by atoms with Crippen molar-refractivity contribution in [2.75, 3.05) is 19.7 Å². The van der Waals surface area contributed by atoms with Gasteiger partial charge in [-0.05, 0) is 13.0 Å². The lowest BCUT2D eigenvalue weighted by atomic mass is 10.2. The van der Waals surface area contributed by atoms with E-state index < -0.39 is 0 Å². The molecular formula is C19H28N6O. The third kappa shape index (κ3) is 5.91. The molecule has 0 saturated carbocycles. The van der Waals surface area contributed by atoms with Crippen LogP contribution in [-0.4, -0.2) is 40.4 Å². The van der Waals surface area contributed by atoms with E-state index in [0.29, 0.717) is 13.2 Å². The largest absolute Gasteiger partial charge is 0.489 e. The van der Waals surface area contributed by atoms with Crippen molar-refractivity contribution in [2.24, 2.45) is 4.99 Å². The molecule has 0 saturated heterocycles. The molecule has 0 fully saturated rings. The van der Waals surface area contributed by atoms with Crippen molar-refractivity contribution < 1.29 is 4.74 Å². The van der Waals surface area contributed by atoms with Crippen molar-refractivity contribution in [2.45, 2.75) is 33.4 Å². The summed E-state index contributed by atoms with van der Waals surface area (Å²) in [7, 11) is 0. The van der Waals surface area contributed by atoms with E-state index >= 15 is 0 Å². The molecule has 1 heterocycles. The number of nitrogens with zero attached hydrogens (tertiary/aromatic N) is 4. The number of aryl methyl sites for hydroxylation is 1. The van der Waals surface area contributed by atoms with Gasteiger partial charge in [0.15, 0.2) is 5.96 Å². The monoisotopic (exact) mass is 356 g/mol. The minimum atomic E-state index is 0.484. The van der Waals surface area contributed by atoms with Crippen molar-refractivity contribution in [3.63, 3.8) is 0 Å². The fourth-order valence-electron chi connectivity index (χ4n) is 2.46. The molecule has 26 heavy (non-hydrogen) atoms. The molecule has 0 spiro atoms. The second-order valence-corrected chi connectivity index (χ2v) is 5.62. The number of ether oxygens (including phenoxy) is 1. The van der Waals surface area contributed by atoms with Gasteiger partial charge in [-0.2, -0.15) is 0 Å². The summed E-state index contributed by atoms with van der Waals surface area (Å²) < 4.78 is 7.74. The van der Waals surface area contributed by atoms with Crippen LogP contribution in [0.25, 0.3) is 0 Å². The van der Waals surface area contributed by atoms with E-state index in [-0.39, 0.29) is 0 Å². The summed E-state index contributed by atoms with van der Waals surface area (Å²) in [5, 5.41) is 14.7. The standard InChI is InChI=1S/C19H28N6O/c1-4-13-26-17-10-8-7-9-16(17)14-22-19(20-6-3)21-11-12-25-15-23-24-18(25)5-2/h4,7-10,15H,1,5-6,11-14H2,2-3H3,(H2,20,21,22). The Morgan fingerprint density at radius 1 is 1.31 bits per heavy atom.